The van der Waals surface area contributed by atoms with E-state index in [0.29, 0.717) is 59.0 Å². The lowest BCUT2D eigenvalue weighted by atomic mass is 10.0. The van der Waals surface area contributed by atoms with Crippen LogP contribution in [0.1, 0.15) is 37.3 Å². The van der Waals surface area contributed by atoms with Crippen LogP contribution in [0.5, 0.6) is 11.5 Å². The maximum absolute atomic E-state index is 14.0. The molecule has 0 saturated carbocycles. The molecule has 1 atom stereocenters. The Morgan fingerprint density at radius 1 is 0.977 bits per heavy atom. The predicted molar refractivity (Wildman–Crippen MR) is 173 cm³/mol. The molecule has 0 aromatic heterocycles. The van der Waals surface area contributed by atoms with E-state index in [0.717, 1.165) is 18.2 Å². The molecule has 3 aromatic carbocycles. The molecule has 0 aliphatic carbocycles. The van der Waals surface area contributed by atoms with Crippen LogP contribution in [0, 0.1) is 0 Å². The van der Waals surface area contributed by atoms with Crippen LogP contribution in [0.3, 0.4) is 0 Å². The second-order valence-corrected chi connectivity index (χ2v) is 13.3. The van der Waals surface area contributed by atoms with Gasteiger partial charge in [-0.25, -0.2) is 8.42 Å². The van der Waals surface area contributed by atoms with Crippen LogP contribution >= 0.6 is 23.2 Å². The van der Waals surface area contributed by atoms with Gasteiger partial charge < -0.3 is 19.7 Å². The van der Waals surface area contributed by atoms with E-state index in [9.17, 15) is 18.0 Å². The van der Waals surface area contributed by atoms with Crippen LogP contribution in [0.15, 0.2) is 66.7 Å². The Morgan fingerprint density at radius 2 is 1.70 bits per heavy atom. The number of rotatable bonds is 14. The van der Waals surface area contributed by atoms with Crippen molar-refractivity contribution in [2.45, 2.75) is 45.2 Å². The van der Waals surface area contributed by atoms with Gasteiger partial charge >= 0.3 is 0 Å². The summed E-state index contributed by atoms with van der Waals surface area (Å²) in [4.78, 5) is 29.0. The summed E-state index contributed by atoms with van der Waals surface area (Å²) in [7, 11) is -3.68. The minimum Gasteiger partial charge on any atom is -0.486 e. The highest BCUT2D eigenvalue weighted by atomic mass is 35.5. The number of fused-ring (bicyclic) bond motifs is 1. The van der Waals surface area contributed by atoms with Gasteiger partial charge in [-0.15, -0.1) is 0 Å². The van der Waals surface area contributed by atoms with E-state index in [-0.39, 0.29) is 37.7 Å². The largest absolute Gasteiger partial charge is 0.486 e. The fraction of sp³-hybridized carbons (Fsp3) is 0.375. The lowest BCUT2D eigenvalue weighted by Gasteiger charge is -2.32. The van der Waals surface area contributed by atoms with Crippen molar-refractivity contribution < 1.29 is 27.5 Å². The summed E-state index contributed by atoms with van der Waals surface area (Å²) in [5, 5.41) is 3.78. The van der Waals surface area contributed by atoms with Crippen LogP contribution in [-0.2, 0) is 32.6 Å². The number of halogens is 2. The topological polar surface area (TPSA) is 105 Å². The van der Waals surface area contributed by atoms with Crippen molar-refractivity contribution in [3.05, 3.63) is 87.9 Å². The van der Waals surface area contributed by atoms with E-state index >= 15 is 0 Å². The zero-order chi connectivity index (χ0) is 31.7. The Kier molecular flexibility index (Phi) is 11.8. The minimum absolute atomic E-state index is 0.00583. The smallest absolute Gasteiger partial charge is 0.243 e. The summed E-state index contributed by atoms with van der Waals surface area (Å²) in [5.74, 6) is 0.430. The summed E-state index contributed by atoms with van der Waals surface area (Å²) in [5.41, 5.74) is 1.95. The number of anilines is 1. The Balaban J connectivity index is 1.59. The van der Waals surface area contributed by atoms with Crippen LogP contribution in [-0.4, -0.2) is 63.7 Å². The van der Waals surface area contributed by atoms with Gasteiger partial charge in [0.2, 0.25) is 21.8 Å². The van der Waals surface area contributed by atoms with E-state index < -0.39 is 16.1 Å². The van der Waals surface area contributed by atoms with E-state index in [2.05, 4.69) is 5.32 Å². The molecular formula is C32H37Cl2N3O6S. The number of amides is 2. The van der Waals surface area contributed by atoms with Crippen molar-refractivity contribution in [1.82, 2.24) is 10.2 Å². The first-order chi connectivity index (χ1) is 21.1. The summed E-state index contributed by atoms with van der Waals surface area (Å²) in [6.45, 7) is 3.33. The molecular weight excluding hydrogens is 625 g/mol. The second-order valence-electron chi connectivity index (χ2n) is 10.5. The molecule has 0 radical (unpaired) electrons. The monoisotopic (exact) mass is 661 g/mol. The van der Waals surface area contributed by atoms with E-state index in [1.54, 1.807) is 36.4 Å². The predicted octanol–water partition coefficient (Wildman–Crippen LogP) is 5.48. The molecule has 0 saturated heterocycles. The number of nitrogens with zero attached hydrogens (tertiary/aromatic N) is 2. The quantitative estimate of drug-likeness (QED) is 0.245. The molecule has 1 heterocycles. The highest BCUT2D eigenvalue weighted by molar-refractivity contribution is 7.92. The molecule has 9 nitrogen and oxygen atoms in total. The molecule has 2 amide bonds. The van der Waals surface area contributed by atoms with Gasteiger partial charge in [0.15, 0.2) is 11.5 Å². The molecule has 1 unspecified atom stereocenters. The molecule has 12 heteroatoms. The summed E-state index contributed by atoms with van der Waals surface area (Å²) in [6, 6.07) is 18.6. The SMILES string of the molecule is CCCNC(=O)C(Cc1ccccc1)N(Cc1ccc(Cl)cc1Cl)C(=O)CCCN(c1ccc2c(c1)OCCO2)S(C)(=O)=O. The highest BCUT2D eigenvalue weighted by Gasteiger charge is 2.31. The molecule has 1 N–H and O–H groups in total. The molecule has 4 rings (SSSR count). The normalized spacial score (nSPS) is 13.2. The number of hydrogen-bond donors (Lipinski definition) is 1. The molecule has 44 heavy (non-hydrogen) atoms. The van der Waals surface area contributed by atoms with Crippen molar-refractivity contribution in [2.75, 3.05) is 36.9 Å². The van der Waals surface area contributed by atoms with Crippen LogP contribution in [0.25, 0.3) is 0 Å². The van der Waals surface area contributed by atoms with Gasteiger partial charge in [-0.05, 0) is 48.2 Å². The van der Waals surface area contributed by atoms with Crippen LogP contribution in [0.2, 0.25) is 10.0 Å². The Hall–Kier alpha value is -3.47. The first kappa shape index (κ1) is 33.4. The first-order valence-corrected chi connectivity index (χ1v) is 17.1. The molecule has 3 aromatic rings. The highest BCUT2D eigenvalue weighted by Crippen LogP contribution is 2.35. The van der Waals surface area contributed by atoms with Crippen molar-refractivity contribution >= 4 is 50.7 Å². The number of carbonyl (C=O) groups is 2. The fourth-order valence-corrected chi connectivity index (χ4v) is 6.37. The molecule has 236 valence electrons. The lowest BCUT2D eigenvalue weighted by Crippen LogP contribution is -2.50. The van der Waals surface area contributed by atoms with Crippen molar-refractivity contribution in [1.29, 1.82) is 0 Å². The van der Waals surface area contributed by atoms with Crippen molar-refractivity contribution in [2.24, 2.45) is 0 Å². The number of benzene rings is 3. The van der Waals surface area contributed by atoms with Gasteiger partial charge in [0.05, 0.1) is 11.9 Å². The van der Waals surface area contributed by atoms with Gasteiger partial charge in [0.1, 0.15) is 19.3 Å². The zero-order valence-electron chi connectivity index (χ0n) is 24.8. The van der Waals surface area contributed by atoms with Gasteiger partial charge in [0, 0.05) is 48.6 Å². The third kappa shape index (κ3) is 9.03. The average molecular weight is 663 g/mol. The Morgan fingerprint density at radius 3 is 2.39 bits per heavy atom. The number of sulfonamides is 1. The van der Waals surface area contributed by atoms with Crippen molar-refractivity contribution in [3.8, 4) is 11.5 Å². The van der Waals surface area contributed by atoms with Crippen molar-refractivity contribution in [3.63, 3.8) is 0 Å². The van der Waals surface area contributed by atoms with Gasteiger partial charge in [0.25, 0.3) is 0 Å². The maximum Gasteiger partial charge on any atom is 0.243 e. The average Bonchev–Trinajstić information content (AvgIpc) is 3.00. The summed E-state index contributed by atoms with van der Waals surface area (Å²) >= 11 is 12.6. The molecule has 0 bridgehead atoms. The number of hydrogen-bond acceptors (Lipinski definition) is 6. The Labute approximate surface area is 269 Å². The number of nitrogens with one attached hydrogen (secondary N) is 1. The standard InChI is InChI=1S/C32H37Cl2N3O6S/c1-3-15-35-32(39)28(19-23-8-5-4-6-9-23)36(22-24-11-12-25(33)20-27(24)34)31(38)10-7-16-37(44(2,40)41)26-13-14-29-30(21-26)43-18-17-42-29/h4-6,8-9,11-14,20-21,28H,3,7,10,15-19,22H2,1-2H3,(H,35,39). The van der Waals surface area contributed by atoms with Gasteiger partial charge in [-0.2, -0.15) is 0 Å². The summed E-state index contributed by atoms with van der Waals surface area (Å²) in [6.07, 6.45) is 2.35. The molecule has 0 spiro atoms. The third-order valence-electron chi connectivity index (χ3n) is 7.14. The van der Waals surface area contributed by atoms with E-state index in [1.807, 2.05) is 37.3 Å². The Bertz CT molecular complexity index is 1550. The van der Waals surface area contributed by atoms with Gasteiger partial charge in [-0.1, -0.05) is 66.5 Å². The first-order valence-electron chi connectivity index (χ1n) is 14.5. The van der Waals surface area contributed by atoms with Crippen LogP contribution in [0.4, 0.5) is 5.69 Å². The number of carbonyl (C=O) groups excluding carboxylic acids is 2. The third-order valence-corrected chi connectivity index (χ3v) is 8.92. The fourth-order valence-electron chi connectivity index (χ4n) is 4.94. The number of ether oxygens (including phenoxy) is 2. The zero-order valence-corrected chi connectivity index (χ0v) is 27.1. The lowest BCUT2D eigenvalue weighted by molar-refractivity contribution is -0.141. The molecule has 1 aliphatic heterocycles. The minimum atomic E-state index is -3.68. The van der Waals surface area contributed by atoms with E-state index in [1.165, 1.54) is 9.21 Å². The molecule has 1 aliphatic rings. The maximum atomic E-state index is 14.0. The molecule has 0 fully saturated rings. The second kappa shape index (κ2) is 15.5. The van der Waals surface area contributed by atoms with Gasteiger partial charge in [-0.3, -0.25) is 13.9 Å². The summed E-state index contributed by atoms with van der Waals surface area (Å²) < 4.78 is 38.0. The van der Waals surface area contributed by atoms with E-state index in [4.69, 9.17) is 32.7 Å². The van der Waals surface area contributed by atoms with Crippen LogP contribution < -0.4 is 19.1 Å².